The van der Waals surface area contributed by atoms with E-state index < -0.39 is 0 Å². The molecule has 1 aliphatic carbocycles. The first-order valence-electron chi connectivity index (χ1n) is 5.98. The predicted molar refractivity (Wildman–Crippen MR) is 63.5 cm³/mol. The Hall–Kier alpha value is 0.350. The molecule has 0 radical (unpaired) electrons. The summed E-state index contributed by atoms with van der Waals surface area (Å²) in [6.45, 7) is 4.70. The van der Waals surface area contributed by atoms with Gasteiger partial charge in [0.1, 0.15) is 0 Å². The van der Waals surface area contributed by atoms with Crippen LogP contribution in [0.2, 0.25) is 0 Å². The van der Waals surface area contributed by atoms with Crippen molar-refractivity contribution in [1.29, 1.82) is 0 Å². The van der Waals surface area contributed by atoms with Gasteiger partial charge in [-0.25, -0.2) is 0 Å². The highest BCUT2D eigenvalue weighted by Gasteiger charge is 2.16. The van der Waals surface area contributed by atoms with Gasteiger partial charge in [-0.2, -0.15) is 11.8 Å². The Bertz CT molecular complexity index is 116. The van der Waals surface area contributed by atoms with E-state index in [4.69, 9.17) is 0 Å². The lowest BCUT2D eigenvalue weighted by atomic mass is 10.0. The van der Waals surface area contributed by atoms with Crippen LogP contribution in [0.5, 0.6) is 0 Å². The molecule has 0 saturated heterocycles. The molecule has 0 aromatic carbocycles. The zero-order chi connectivity index (χ0) is 9.52. The van der Waals surface area contributed by atoms with Gasteiger partial charge in [0.05, 0.1) is 0 Å². The molecular weight excluding hydrogens is 176 g/mol. The van der Waals surface area contributed by atoms with Crippen LogP contribution in [-0.4, -0.2) is 10.5 Å². The second kappa shape index (κ2) is 6.75. The Kier molecular flexibility index (Phi) is 5.93. The number of unbranched alkanes of at least 4 members (excludes halogenated alkanes) is 1. The van der Waals surface area contributed by atoms with E-state index in [0.717, 1.165) is 10.5 Å². The number of hydrogen-bond donors (Lipinski definition) is 0. The Balaban J connectivity index is 2.07. The lowest BCUT2D eigenvalue weighted by Crippen LogP contribution is -2.12. The fraction of sp³-hybridized carbons (Fsp3) is 1.00. The highest BCUT2D eigenvalue weighted by Crippen LogP contribution is 2.32. The third kappa shape index (κ3) is 4.95. The smallest absolute Gasteiger partial charge is 0.00497 e. The molecule has 1 aliphatic rings. The van der Waals surface area contributed by atoms with Crippen molar-refractivity contribution in [2.45, 2.75) is 75.7 Å². The molecule has 78 valence electrons. The van der Waals surface area contributed by atoms with E-state index in [1.165, 1.54) is 51.4 Å². The maximum atomic E-state index is 2.41. The van der Waals surface area contributed by atoms with Crippen LogP contribution in [-0.2, 0) is 0 Å². The highest BCUT2D eigenvalue weighted by molar-refractivity contribution is 8.00. The van der Waals surface area contributed by atoms with Crippen LogP contribution in [0, 0.1) is 0 Å². The molecule has 0 amide bonds. The molecule has 1 fully saturated rings. The summed E-state index contributed by atoms with van der Waals surface area (Å²) in [4.78, 5) is 0. The molecule has 1 unspecified atom stereocenters. The van der Waals surface area contributed by atoms with E-state index >= 15 is 0 Å². The van der Waals surface area contributed by atoms with Crippen molar-refractivity contribution < 1.29 is 0 Å². The van der Waals surface area contributed by atoms with Gasteiger partial charge in [0, 0.05) is 10.5 Å². The summed E-state index contributed by atoms with van der Waals surface area (Å²) in [7, 11) is 0. The molecular formula is C12H24S. The van der Waals surface area contributed by atoms with Crippen LogP contribution >= 0.6 is 11.8 Å². The molecule has 0 aromatic rings. The van der Waals surface area contributed by atoms with Crippen molar-refractivity contribution in [2.75, 3.05) is 0 Å². The van der Waals surface area contributed by atoms with E-state index in [-0.39, 0.29) is 0 Å². The second-order valence-electron chi connectivity index (χ2n) is 4.35. The van der Waals surface area contributed by atoms with Gasteiger partial charge in [-0.3, -0.25) is 0 Å². The fourth-order valence-corrected chi connectivity index (χ4v) is 3.65. The minimum atomic E-state index is 0.906. The standard InChI is InChI=1S/C12H24S/c1-3-4-8-11(2)13-12-9-6-5-7-10-12/h11-12H,3-10H2,1-2H3. The van der Waals surface area contributed by atoms with Gasteiger partial charge in [0.25, 0.3) is 0 Å². The van der Waals surface area contributed by atoms with Crippen molar-refractivity contribution in [3.8, 4) is 0 Å². The van der Waals surface area contributed by atoms with Gasteiger partial charge in [-0.05, 0) is 19.3 Å². The molecule has 1 saturated carbocycles. The van der Waals surface area contributed by atoms with Gasteiger partial charge in [0.15, 0.2) is 0 Å². The van der Waals surface area contributed by atoms with Crippen molar-refractivity contribution in [2.24, 2.45) is 0 Å². The lowest BCUT2D eigenvalue weighted by molar-refractivity contribution is 0.514. The molecule has 0 aliphatic heterocycles. The Morgan fingerprint density at radius 2 is 1.92 bits per heavy atom. The molecule has 0 aromatic heterocycles. The Morgan fingerprint density at radius 1 is 1.23 bits per heavy atom. The van der Waals surface area contributed by atoms with Crippen LogP contribution in [0.15, 0.2) is 0 Å². The molecule has 13 heavy (non-hydrogen) atoms. The average molecular weight is 200 g/mol. The number of hydrogen-bond acceptors (Lipinski definition) is 1. The molecule has 0 heterocycles. The van der Waals surface area contributed by atoms with Crippen molar-refractivity contribution in [1.82, 2.24) is 0 Å². The van der Waals surface area contributed by atoms with Gasteiger partial charge >= 0.3 is 0 Å². The SMILES string of the molecule is CCCCC(C)SC1CCCCC1. The first-order chi connectivity index (χ1) is 6.33. The maximum Gasteiger partial charge on any atom is 0.00497 e. The summed E-state index contributed by atoms with van der Waals surface area (Å²) in [6.07, 6.45) is 11.6. The zero-order valence-corrected chi connectivity index (χ0v) is 10.0. The topological polar surface area (TPSA) is 0 Å². The molecule has 0 spiro atoms. The normalized spacial score (nSPS) is 21.7. The summed E-state index contributed by atoms with van der Waals surface area (Å²) in [5.41, 5.74) is 0. The average Bonchev–Trinajstić information content (AvgIpc) is 2.16. The van der Waals surface area contributed by atoms with Gasteiger partial charge < -0.3 is 0 Å². The largest absolute Gasteiger partial charge is 0.155 e. The van der Waals surface area contributed by atoms with Gasteiger partial charge in [0.2, 0.25) is 0 Å². The van der Waals surface area contributed by atoms with Crippen molar-refractivity contribution in [3.63, 3.8) is 0 Å². The van der Waals surface area contributed by atoms with Crippen LogP contribution in [0.1, 0.15) is 65.2 Å². The van der Waals surface area contributed by atoms with E-state index in [2.05, 4.69) is 25.6 Å². The summed E-state index contributed by atoms with van der Waals surface area (Å²) in [5, 5.41) is 1.91. The van der Waals surface area contributed by atoms with Crippen LogP contribution < -0.4 is 0 Å². The van der Waals surface area contributed by atoms with Crippen LogP contribution in [0.25, 0.3) is 0 Å². The first-order valence-corrected chi connectivity index (χ1v) is 6.92. The third-order valence-corrected chi connectivity index (χ3v) is 4.50. The van der Waals surface area contributed by atoms with Gasteiger partial charge in [-0.15, -0.1) is 0 Å². The summed E-state index contributed by atoms with van der Waals surface area (Å²) in [6, 6.07) is 0. The summed E-state index contributed by atoms with van der Waals surface area (Å²) in [5.74, 6) is 0. The van der Waals surface area contributed by atoms with E-state index in [0.29, 0.717) is 0 Å². The summed E-state index contributed by atoms with van der Waals surface area (Å²) >= 11 is 2.26. The van der Waals surface area contributed by atoms with Gasteiger partial charge in [-0.1, -0.05) is 46.0 Å². The maximum absolute atomic E-state index is 2.41. The Labute approximate surface area is 87.9 Å². The predicted octanol–water partition coefficient (Wildman–Crippen LogP) is 4.63. The second-order valence-corrected chi connectivity index (χ2v) is 6.09. The molecule has 0 bridgehead atoms. The molecule has 0 nitrogen and oxygen atoms in total. The Morgan fingerprint density at radius 3 is 2.54 bits per heavy atom. The number of rotatable bonds is 5. The zero-order valence-electron chi connectivity index (χ0n) is 9.22. The molecule has 1 heteroatoms. The third-order valence-electron chi connectivity index (χ3n) is 2.94. The first kappa shape index (κ1) is 11.4. The van der Waals surface area contributed by atoms with E-state index in [9.17, 15) is 0 Å². The molecule has 1 atom stereocenters. The fourth-order valence-electron chi connectivity index (χ4n) is 2.09. The molecule has 0 N–H and O–H groups in total. The monoisotopic (exact) mass is 200 g/mol. The summed E-state index contributed by atoms with van der Waals surface area (Å²) < 4.78 is 0. The van der Waals surface area contributed by atoms with Crippen LogP contribution in [0.4, 0.5) is 0 Å². The van der Waals surface area contributed by atoms with Crippen molar-refractivity contribution >= 4 is 11.8 Å². The van der Waals surface area contributed by atoms with E-state index in [1.807, 2.05) is 0 Å². The highest BCUT2D eigenvalue weighted by atomic mass is 32.2. The van der Waals surface area contributed by atoms with Crippen LogP contribution in [0.3, 0.4) is 0 Å². The van der Waals surface area contributed by atoms with E-state index in [1.54, 1.807) is 0 Å². The lowest BCUT2D eigenvalue weighted by Gasteiger charge is -2.24. The van der Waals surface area contributed by atoms with Crippen molar-refractivity contribution in [3.05, 3.63) is 0 Å². The quantitative estimate of drug-likeness (QED) is 0.623. The number of thioether (sulfide) groups is 1. The minimum Gasteiger partial charge on any atom is -0.155 e. The molecule has 1 rings (SSSR count). The minimum absolute atomic E-state index is 0.906.